The van der Waals surface area contributed by atoms with E-state index in [1.54, 1.807) is 13.8 Å². The standard InChI is InChI=1S/C10H18F3N3O.2ClH/c1-9(2,14)8(17)16-5-3-15(4-6-16)7-10(11,12)13;;/h3-7,14H2,1-2H3;2*1H. The van der Waals surface area contributed by atoms with Crippen LogP contribution in [0.5, 0.6) is 0 Å². The fourth-order valence-corrected chi connectivity index (χ4v) is 1.77. The van der Waals surface area contributed by atoms with Gasteiger partial charge in [0, 0.05) is 26.2 Å². The first kappa shape index (κ1) is 21.1. The minimum Gasteiger partial charge on any atom is -0.339 e. The minimum absolute atomic E-state index is 0. The van der Waals surface area contributed by atoms with Crippen molar-refractivity contribution in [3.8, 4) is 0 Å². The topological polar surface area (TPSA) is 49.6 Å². The molecule has 0 atom stereocenters. The first-order valence-corrected chi connectivity index (χ1v) is 5.47. The van der Waals surface area contributed by atoms with Crippen molar-refractivity contribution in [2.45, 2.75) is 25.6 Å². The van der Waals surface area contributed by atoms with Crippen LogP contribution in [0.25, 0.3) is 0 Å². The third kappa shape index (κ3) is 7.20. The van der Waals surface area contributed by atoms with E-state index in [-0.39, 0.29) is 43.8 Å². The number of hydrogen-bond acceptors (Lipinski definition) is 3. The van der Waals surface area contributed by atoms with Crippen molar-refractivity contribution in [3.05, 3.63) is 0 Å². The van der Waals surface area contributed by atoms with Gasteiger partial charge in [-0.15, -0.1) is 24.8 Å². The van der Waals surface area contributed by atoms with Gasteiger partial charge in [0.2, 0.25) is 5.91 Å². The molecule has 0 saturated carbocycles. The summed E-state index contributed by atoms with van der Waals surface area (Å²) in [6.45, 7) is 3.35. The average Bonchev–Trinajstić information content (AvgIpc) is 2.14. The number of nitrogens with zero attached hydrogens (tertiary/aromatic N) is 2. The molecule has 1 saturated heterocycles. The lowest BCUT2D eigenvalue weighted by atomic mass is 10.0. The highest BCUT2D eigenvalue weighted by molar-refractivity contribution is 5.86. The predicted octanol–water partition coefficient (Wildman–Crippen LogP) is 1.27. The van der Waals surface area contributed by atoms with Gasteiger partial charge in [-0.2, -0.15) is 13.2 Å². The van der Waals surface area contributed by atoms with Crippen LogP contribution in [-0.4, -0.2) is 60.1 Å². The fraction of sp³-hybridized carbons (Fsp3) is 0.900. The highest BCUT2D eigenvalue weighted by Crippen LogP contribution is 2.18. The van der Waals surface area contributed by atoms with Gasteiger partial charge in [0.05, 0.1) is 12.1 Å². The first-order chi connectivity index (χ1) is 7.59. The minimum atomic E-state index is -4.18. The Kier molecular flexibility index (Phi) is 8.34. The second kappa shape index (κ2) is 7.52. The number of amides is 1. The van der Waals surface area contributed by atoms with Crippen LogP contribution in [0.2, 0.25) is 0 Å². The molecule has 0 bridgehead atoms. The van der Waals surface area contributed by atoms with E-state index in [0.29, 0.717) is 13.1 Å². The Bertz CT molecular complexity index is 287. The zero-order valence-corrected chi connectivity index (χ0v) is 12.5. The van der Waals surface area contributed by atoms with Crippen LogP contribution in [0.4, 0.5) is 13.2 Å². The number of piperazine rings is 1. The number of alkyl halides is 3. The lowest BCUT2D eigenvalue weighted by Crippen LogP contribution is -2.57. The van der Waals surface area contributed by atoms with E-state index >= 15 is 0 Å². The summed E-state index contributed by atoms with van der Waals surface area (Å²) < 4.78 is 36.4. The molecule has 0 aromatic heterocycles. The van der Waals surface area contributed by atoms with E-state index in [0.717, 1.165) is 0 Å². The number of hydrogen-bond donors (Lipinski definition) is 1. The van der Waals surface area contributed by atoms with Crippen LogP contribution in [-0.2, 0) is 4.79 Å². The molecule has 0 radical (unpaired) electrons. The molecule has 1 heterocycles. The second-order valence-corrected chi connectivity index (χ2v) is 4.91. The summed E-state index contributed by atoms with van der Waals surface area (Å²) in [5.41, 5.74) is 4.70. The van der Waals surface area contributed by atoms with Crippen LogP contribution in [0, 0.1) is 0 Å². The molecule has 1 fully saturated rings. The molecular formula is C10H20Cl2F3N3O. The molecule has 1 aliphatic rings. The lowest BCUT2D eigenvalue weighted by Gasteiger charge is -2.37. The summed E-state index contributed by atoms with van der Waals surface area (Å²) in [5.74, 6) is -0.218. The van der Waals surface area contributed by atoms with Crippen molar-refractivity contribution in [3.63, 3.8) is 0 Å². The SMILES string of the molecule is CC(C)(N)C(=O)N1CCN(CC(F)(F)F)CC1.Cl.Cl. The molecular weight excluding hydrogens is 306 g/mol. The molecule has 1 rings (SSSR count). The van der Waals surface area contributed by atoms with Crippen molar-refractivity contribution in [2.24, 2.45) is 5.73 Å². The number of carbonyl (C=O) groups is 1. The third-order valence-electron chi connectivity index (χ3n) is 2.61. The van der Waals surface area contributed by atoms with Gasteiger partial charge in [0.1, 0.15) is 0 Å². The zero-order valence-electron chi connectivity index (χ0n) is 10.9. The molecule has 1 aliphatic heterocycles. The average molecular weight is 326 g/mol. The van der Waals surface area contributed by atoms with E-state index in [9.17, 15) is 18.0 Å². The number of rotatable bonds is 2. The van der Waals surface area contributed by atoms with Crippen molar-refractivity contribution < 1.29 is 18.0 Å². The lowest BCUT2D eigenvalue weighted by molar-refractivity contribution is -0.152. The van der Waals surface area contributed by atoms with Gasteiger partial charge in [-0.1, -0.05) is 0 Å². The van der Waals surface area contributed by atoms with Crippen molar-refractivity contribution >= 4 is 30.7 Å². The van der Waals surface area contributed by atoms with Crippen molar-refractivity contribution in [1.29, 1.82) is 0 Å². The Morgan fingerprint density at radius 3 is 1.84 bits per heavy atom. The molecule has 19 heavy (non-hydrogen) atoms. The van der Waals surface area contributed by atoms with E-state index in [1.165, 1.54) is 9.80 Å². The summed E-state index contributed by atoms with van der Waals surface area (Å²) in [6.07, 6.45) is -4.18. The van der Waals surface area contributed by atoms with Gasteiger partial charge in [0.15, 0.2) is 0 Å². The van der Waals surface area contributed by atoms with Crippen LogP contribution in [0.15, 0.2) is 0 Å². The smallest absolute Gasteiger partial charge is 0.339 e. The molecule has 9 heteroatoms. The Morgan fingerprint density at radius 2 is 1.53 bits per heavy atom. The number of nitrogens with two attached hydrogens (primary N) is 1. The Morgan fingerprint density at radius 1 is 1.11 bits per heavy atom. The van der Waals surface area contributed by atoms with Crippen LogP contribution >= 0.6 is 24.8 Å². The van der Waals surface area contributed by atoms with E-state index in [2.05, 4.69) is 0 Å². The molecule has 0 aliphatic carbocycles. The molecule has 0 aromatic rings. The van der Waals surface area contributed by atoms with Crippen LogP contribution in [0.1, 0.15) is 13.8 Å². The normalized spacial score (nSPS) is 17.5. The first-order valence-electron chi connectivity index (χ1n) is 5.47. The quantitative estimate of drug-likeness (QED) is 0.832. The summed E-state index contributed by atoms with van der Waals surface area (Å²) >= 11 is 0. The summed E-state index contributed by atoms with van der Waals surface area (Å²) in [7, 11) is 0. The molecule has 0 aromatic carbocycles. The predicted molar refractivity (Wildman–Crippen MR) is 71.8 cm³/mol. The molecule has 1 amide bonds. The molecule has 2 N–H and O–H groups in total. The summed E-state index contributed by atoms with van der Waals surface area (Å²) in [5, 5.41) is 0. The molecule has 0 spiro atoms. The monoisotopic (exact) mass is 325 g/mol. The third-order valence-corrected chi connectivity index (χ3v) is 2.61. The Hall–Kier alpha value is -0.240. The molecule has 116 valence electrons. The van der Waals surface area contributed by atoms with Crippen LogP contribution in [0.3, 0.4) is 0 Å². The maximum atomic E-state index is 12.1. The summed E-state index contributed by atoms with van der Waals surface area (Å²) in [4.78, 5) is 14.6. The molecule has 4 nitrogen and oxygen atoms in total. The highest BCUT2D eigenvalue weighted by Gasteiger charge is 2.34. The maximum absolute atomic E-state index is 12.1. The number of halogens is 5. The maximum Gasteiger partial charge on any atom is 0.401 e. The largest absolute Gasteiger partial charge is 0.401 e. The zero-order chi connectivity index (χ0) is 13.3. The Labute approximate surface area is 123 Å². The highest BCUT2D eigenvalue weighted by atomic mass is 35.5. The second-order valence-electron chi connectivity index (χ2n) is 4.91. The van der Waals surface area contributed by atoms with Crippen molar-refractivity contribution in [1.82, 2.24) is 9.80 Å². The van der Waals surface area contributed by atoms with Gasteiger partial charge < -0.3 is 10.6 Å². The van der Waals surface area contributed by atoms with E-state index in [1.807, 2.05) is 0 Å². The van der Waals surface area contributed by atoms with Crippen molar-refractivity contribution in [2.75, 3.05) is 32.7 Å². The van der Waals surface area contributed by atoms with E-state index in [4.69, 9.17) is 5.73 Å². The van der Waals surface area contributed by atoms with Gasteiger partial charge in [-0.3, -0.25) is 9.69 Å². The summed E-state index contributed by atoms with van der Waals surface area (Å²) in [6, 6.07) is 0. The fourth-order valence-electron chi connectivity index (χ4n) is 1.77. The van der Waals surface area contributed by atoms with Gasteiger partial charge in [-0.05, 0) is 13.8 Å². The van der Waals surface area contributed by atoms with Gasteiger partial charge in [0.25, 0.3) is 0 Å². The number of carbonyl (C=O) groups excluding carboxylic acids is 1. The van der Waals surface area contributed by atoms with E-state index < -0.39 is 18.3 Å². The Balaban J connectivity index is 0. The van der Waals surface area contributed by atoms with Gasteiger partial charge in [-0.25, -0.2) is 0 Å². The molecule has 0 unspecified atom stereocenters. The van der Waals surface area contributed by atoms with Crippen LogP contribution < -0.4 is 5.73 Å². The van der Waals surface area contributed by atoms with Gasteiger partial charge >= 0.3 is 6.18 Å².